The normalized spacial score (nSPS) is 20.1. The van der Waals surface area contributed by atoms with E-state index in [1.54, 1.807) is 0 Å². The number of nitrogens with zero attached hydrogens (tertiary/aromatic N) is 3. The van der Waals surface area contributed by atoms with Crippen LogP contribution in [0.25, 0.3) is 0 Å². The van der Waals surface area contributed by atoms with Crippen molar-refractivity contribution in [2.45, 2.75) is 32.1 Å². The number of H-pyrrole nitrogens is 1. The van der Waals surface area contributed by atoms with Gasteiger partial charge in [0.05, 0.1) is 0 Å². The highest BCUT2D eigenvalue weighted by Gasteiger charge is 2.33. The van der Waals surface area contributed by atoms with Gasteiger partial charge in [-0.3, -0.25) is 0 Å². The molecular weight excluding hydrogens is 140 g/mol. The molecular formula is C7H12N4. The average molecular weight is 152 g/mol. The van der Waals surface area contributed by atoms with Crippen LogP contribution in [-0.4, -0.2) is 20.6 Å². The van der Waals surface area contributed by atoms with Crippen LogP contribution >= 0.6 is 0 Å². The molecule has 1 saturated carbocycles. The molecule has 60 valence electrons. The zero-order valence-electron chi connectivity index (χ0n) is 6.62. The van der Waals surface area contributed by atoms with E-state index in [9.17, 15) is 0 Å². The van der Waals surface area contributed by atoms with Crippen LogP contribution in [0.5, 0.6) is 0 Å². The van der Waals surface area contributed by atoms with Crippen LogP contribution in [0.4, 0.5) is 0 Å². The molecule has 4 nitrogen and oxygen atoms in total. The molecule has 1 atom stereocenters. The third-order valence-electron chi connectivity index (χ3n) is 2.32. The summed E-state index contributed by atoms with van der Waals surface area (Å²) in [6.45, 7) is 2.18. The predicted octanol–water partition coefficient (Wildman–Crippen LogP) is 1.10. The monoisotopic (exact) mass is 152 g/mol. The highest BCUT2D eigenvalue weighted by Crippen LogP contribution is 2.42. The van der Waals surface area contributed by atoms with E-state index in [4.69, 9.17) is 0 Å². The van der Waals surface area contributed by atoms with Crippen LogP contribution in [0, 0.1) is 5.92 Å². The number of aromatic nitrogens is 4. The van der Waals surface area contributed by atoms with Gasteiger partial charge in [-0.1, -0.05) is 12.1 Å². The molecule has 0 aliphatic heterocycles. The van der Waals surface area contributed by atoms with Crippen molar-refractivity contribution in [2.75, 3.05) is 0 Å². The summed E-state index contributed by atoms with van der Waals surface area (Å²) in [6.07, 6.45) is 3.81. The first-order chi connectivity index (χ1) is 5.42. The van der Waals surface area contributed by atoms with Gasteiger partial charge in [-0.25, -0.2) is 0 Å². The number of hydrogen-bond donors (Lipinski definition) is 1. The summed E-state index contributed by atoms with van der Waals surface area (Å²) in [6, 6.07) is 0. The molecule has 1 aliphatic carbocycles. The minimum absolute atomic E-state index is 0.550. The Labute approximate surface area is 65.4 Å². The molecule has 4 heteroatoms. The van der Waals surface area contributed by atoms with Gasteiger partial charge in [0.15, 0.2) is 5.82 Å². The molecule has 2 rings (SSSR count). The molecule has 0 bridgehead atoms. The Kier molecular flexibility index (Phi) is 1.60. The quantitative estimate of drug-likeness (QED) is 0.705. The summed E-state index contributed by atoms with van der Waals surface area (Å²) in [5.41, 5.74) is 0. The van der Waals surface area contributed by atoms with Gasteiger partial charge in [-0.2, -0.15) is 5.21 Å². The lowest BCUT2D eigenvalue weighted by molar-refractivity contribution is 0.554. The SMILES string of the molecule is CCC(c1nn[nH]n1)C1CC1. The lowest BCUT2D eigenvalue weighted by Gasteiger charge is -2.06. The fraction of sp³-hybridized carbons (Fsp3) is 0.857. The molecule has 11 heavy (non-hydrogen) atoms. The Hall–Kier alpha value is -0.930. The Morgan fingerprint density at radius 3 is 2.91 bits per heavy atom. The number of aromatic amines is 1. The molecule has 1 aromatic rings. The van der Waals surface area contributed by atoms with Crippen molar-refractivity contribution < 1.29 is 0 Å². The number of tetrazole rings is 1. The van der Waals surface area contributed by atoms with Gasteiger partial charge in [0.2, 0.25) is 0 Å². The second kappa shape index (κ2) is 2.60. The fourth-order valence-electron chi connectivity index (χ4n) is 1.55. The Morgan fingerprint density at radius 1 is 1.64 bits per heavy atom. The maximum atomic E-state index is 4.00. The first-order valence-electron chi connectivity index (χ1n) is 4.15. The molecule has 1 heterocycles. The molecule has 1 fully saturated rings. The zero-order valence-corrected chi connectivity index (χ0v) is 6.62. The topological polar surface area (TPSA) is 54.5 Å². The van der Waals surface area contributed by atoms with Crippen molar-refractivity contribution in [3.63, 3.8) is 0 Å². The van der Waals surface area contributed by atoms with Gasteiger partial charge in [0.25, 0.3) is 0 Å². The van der Waals surface area contributed by atoms with E-state index >= 15 is 0 Å². The van der Waals surface area contributed by atoms with Crippen LogP contribution in [-0.2, 0) is 0 Å². The van der Waals surface area contributed by atoms with Crippen LogP contribution < -0.4 is 0 Å². The van der Waals surface area contributed by atoms with E-state index in [2.05, 4.69) is 27.5 Å². The molecule has 1 aromatic heterocycles. The number of nitrogens with one attached hydrogen (secondary N) is 1. The largest absolute Gasteiger partial charge is 0.177 e. The van der Waals surface area contributed by atoms with Crippen molar-refractivity contribution in [3.05, 3.63) is 5.82 Å². The third kappa shape index (κ3) is 1.25. The van der Waals surface area contributed by atoms with E-state index in [0.717, 1.165) is 18.2 Å². The zero-order chi connectivity index (χ0) is 7.68. The van der Waals surface area contributed by atoms with Crippen LogP contribution in [0.3, 0.4) is 0 Å². The summed E-state index contributed by atoms with van der Waals surface area (Å²) in [7, 11) is 0. The Balaban J connectivity index is 2.11. The van der Waals surface area contributed by atoms with E-state index in [1.165, 1.54) is 12.8 Å². The van der Waals surface area contributed by atoms with Crippen molar-refractivity contribution in [1.82, 2.24) is 20.6 Å². The molecule has 0 aromatic carbocycles. The van der Waals surface area contributed by atoms with Gasteiger partial charge in [-0.15, -0.1) is 10.2 Å². The van der Waals surface area contributed by atoms with E-state index in [-0.39, 0.29) is 0 Å². The van der Waals surface area contributed by atoms with Gasteiger partial charge in [0.1, 0.15) is 0 Å². The van der Waals surface area contributed by atoms with Gasteiger partial charge >= 0.3 is 0 Å². The molecule has 0 radical (unpaired) electrons. The standard InChI is InChI=1S/C7H12N4/c1-2-6(5-3-4-5)7-8-10-11-9-7/h5-6H,2-4H2,1H3,(H,8,9,10,11). The summed E-state index contributed by atoms with van der Waals surface area (Å²) in [5, 5.41) is 14.1. The average Bonchev–Trinajstić information content (AvgIpc) is 2.68. The second-order valence-corrected chi connectivity index (χ2v) is 3.12. The van der Waals surface area contributed by atoms with E-state index in [1.807, 2.05) is 0 Å². The highest BCUT2D eigenvalue weighted by molar-refractivity contribution is 4.99. The number of rotatable bonds is 3. The Bertz CT molecular complexity index is 214. The highest BCUT2D eigenvalue weighted by atomic mass is 15.5. The van der Waals surface area contributed by atoms with Gasteiger partial charge in [-0.05, 0) is 25.2 Å². The summed E-state index contributed by atoms with van der Waals surface area (Å²) >= 11 is 0. The number of hydrogen-bond acceptors (Lipinski definition) is 3. The van der Waals surface area contributed by atoms with Crippen molar-refractivity contribution >= 4 is 0 Å². The third-order valence-corrected chi connectivity index (χ3v) is 2.32. The first-order valence-corrected chi connectivity index (χ1v) is 4.15. The summed E-state index contributed by atoms with van der Waals surface area (Å²) in [4.78, 5) is 0. The van der Waals surface area contributed by atoms with Crippen molar-refractivity contribution in [2.24, 2.45) is 5.92 Å². The molecule has 0 saturated heterocycles. The molecule has 1 N–H and O–H groups in total. The summed E-state index contributed by atoms with van der Waals surface area (Å²) < 4.78 is 0. The van der Waals surface area contributed by atoms with Crippen LogP contribution in [0.2, 0.25) is 0 Å². The van der Waals surface area contributed by atoms with Crippen LogP contribution in [0.15, 0.2) is 0 Å². The minimum atomic E-state index is 0.550. The van der Waals surface area contributed by atoms with E-state index in [0.29, 0.717) is 5.92 Å². The first kappa shape index (κ1) is 6.76. The van der Waals surface area contributed by atoms with Crippen LogP contribution in [0.1, 0.15) is 37.9 Å². The van der Waals surface area contributed by atoms with Crippen molar-refractivity contribution in [3.8, 4) is 0 Å². The lowest BCUT2D eigenvalue weighted by Crippen LogP contribution is -2.01. The molecule has 1 aliphatic rings. The van der Waals surface area contributed by atoms with Crippen molar-refractivity contribution in [1.29, 1.82) is 0 Å². The minimum Gasteiger partial charge on any atom is -0.177 e. The second-order valence-electron chi connectivity index (χ2n) is 3.12. The lowest BCUT2D eigenvalue weighted by atomic mass is 10.0. The fourth-order valence-corrected chi connectivity index (χ4v) is 1.55. The molecule has 0 spiro atoms. The maximum absolute atomic E-state index is 4.00. The van der Waals surface area contributed by atoms with Gasteiger partial charge in [0, 0.05) is 5.92 Å². The molecule has 0 amide bonds. The maximum Gasteiger partial charge on any atom is 0.177 e. The Morgan fingerprint density at radius 2 is 2.45 bits per heavy atom. The smallest absolute Gasteiger partial charge is 0.177 e. The summed E-state index contributed by atoms with van der Waals surface area (Å²) in [5.74, 6) is 2.28. The molecule has 1 unspecified atom stereocenters. The van der Waals surface area contributed by atoms with E-state index < -0.39 is 0 Å². The van der Waals surface area contributed by atoms with Gasteiger partial charge < -0.3 is 0 Å². The predicted molar refractivity (Wildman–Crippen MR) is 39.9 cm³/mol.